The number of H-pyrrole nitrogens is 1. The summed E-state index contributed by atoms with van der Waals surface area (Å²) in [6.07, 6.45) is 2.70. The van der Waals surface area contributed by atoms with Gasteiger partial charge in [0.2, 0.25) is 5.91 Å². The minimum atomic E-state index is -0.436. The number of benzene rings is 2. The SMILES string of the molecule is COC(=O)CCCC(=O)N1CCc2c([nH]c3ccc(OC)cc23)C12CCN(CCOc1ccccc1)C2. The third-order valence-electron chi connectivity index (χ3n) is 7.73. The summed E-state index contributed by atoms with van der Waals surface area (Å²) in [6, 6.07) is 16.0. The fourth-order valence-electron chi connectivity index (χ4n) is 5.86. The van der Waals surface area contributed by atoms with E-state index in [1.54, 1.807) is 7.11 Å². The Balaban J connectivity index is 1.39. The van der Waals surface area contributed by atoms with E-state index in [-0.39, 0.29) is 18.3 Å². The average molecular weight is 506 g/mol. The molecule has 1 amide bonds. The van der Waals surface area contributed by atoms with Crippen molar-refractivity contribution >= 4 is 22.8 Å². The number of ether oxygens (including phenoxy) is 3. The average Bonchev–Trinajstić information content (AvgIpc) is 3.51. The summed E-state index contributed by atoms with van der Waals surface area (Å²) in [7, 11) is 3.06. The molecular weight excluding hydrogens is 470 g/mol. The van der Waals surface area contributed by atoms with Crippen molar-refractivity contribution in [2.45, 2.75) is 37.6 Å². The Morgan fingerprint density at radius 3 is 2.65 bits per heavy atom. The van der Waals surface area contributed by atoms with E-state index in [0.717, 1.165) is 60.6 Å². The number of hydrogen-bond acceptors (Lipinski definition) is 6. The van der Waals surface area contributed by atoms with Gasteiger partial charge in [-0.2, -0.15) is 0 Å². The van der Waals surface area contributed by atoms with Gasteiger partial charge in [-0.15, -0.1) is 0 Å². The summed E-state index contributed by atoms with van der Waals surface area (Å²) in [5.41, 5.74) is 3.04. The summed E-state index contributed by atoms with van der Waals surface area (Å²) in [5.74, 6) is 1.51. The first kappa shape index (κ1) is 25.1. The van der Waals surface area contributed by atoms with E-state index in [0.29, 0.717) is 26.0 Å². The number of para-hydroxylation sites is 1. The maximum absolute atomic E-state index is 13.6. The first-order chi connectivity index (χ1) is 18.0. The number of methoxy groups -OCH3 is 2. The van der Waals surface area contributed by atoms with Crippen LogP contribution in [0.4, 0.5) is 0 Å². The van der Waals surface area contributed by atoms with E-state index in [9.17, 15) is 9.59 Å². The topological polar surface area (TPSA) is 84.1 Å². The van der Waals surface area contributed by atoms with Crippen LogP contribution in [0, 0.1) is 0 Å². The van der Waals surface area contributed by atoms with E-state index >= 15 is 0 Å². The summed E-state index contributed by atoms with van der Waals surface area (Å²) in [4.78, 5) is 33.3. The Labute approximate surface area is 217 Å². The van der Waals surface area contributed by atoms with Crippen LogP contribution in [0.3, 0.4) is 0 Å². The van der Waals surface area contributed by atoms with Gasteiger partial charge in [0.25, 0.3) is 0 Å². The molecule has 3 heterocycles. The van der Waals surface area contributed by atoms with Gasteiger partial charge in [-0.25, -0.2) is 0 Å². The van der Waals surface area contributed by atoms with Gasteiger partial charge >= 0.3 is 5.97 Å². The van der Waals surface area contributed by atoms with Gasteiger partial charge in [0.05, 0.1) is 19.8 Å². The van der Waals surface area contributed by atoms with Crippen LogP contribution in [-0.4, -0.2) is 73.7 Å². The van der Waals surface area contributed by atoms with Gasteiger partial charge in [0.1, 0.15) is 18.1 Å². The lowest BCUT2D eigenvalue weighted by Gasteiger charge is -2.45. The van der Waals surface area contributed by atoms with Crippen LogP contribution in [-0.2, 0) is 26.3 Å². The van der Waals surface area contributed by atoms with Crippen molar-refractivity contribution in [3.05, 3.63) is 59.8 Å². The molecule has 0 aliphatic carbocycles. The molecule has 1 fully saturated rings. The second kappa shape index (κ2) is 10.8. The lowest BCUT2D eigenvalue weighted by atomic mass is 9.83. The molecule has 2 aliphatic heterocycles. The number of fused-ring (bicyclic) bond motifs is 4. The fourth-order valence-corrected chi connectivity index (χ4v) is 5.86. The Hall–Kier alpha value is -3.52. The van der Waals surface area contributed by atoms with E-state index < -0.39 is 5.54 Å². The maximum Gasteiger partial charge on any atom is 0.305 e. The molecule has 1 spiro atoms. The number of hydrogen-bond donors (Lipinski definition) is 1. The smallest absolute Gasteiger partial charge is 0.305 e. The summed E-state index contributed by atoms with van der Waals surface area (Å²) < 4.78 is 16.2. The summed E-state index contributed by atoms with van der Waals surface area (Å²) in [6.45, 7) is 3.64. The molecule has 37 heavy (non-hydrogen) atoms. The monoisotopic (exact) mass is 505 g/mol. The van der Waals surface area contributed by atoms with Crippen LogP contribution in [0.5, 0.6) is 11.5 Å². The molecule has 1 aromatic heterocycles. The number of nitrogens with one attached hydrogen (secondary N) is 1. The summed E-state index contributed by atoms with van der Waals surface area (Å²) in [5, 5.41) is 1.16. The number of likely N-dealkylation sites (tertiary alicyclic amines) is 1. The summed E-state index contributed by atoms with van der Waals surface area (Å²) >= 11 is 0. The largest absolute Gasteiger partial charge is 0.497 e. The molecule has 0 saturated carbocycles. The zero-order chi connectivity index (χ0) is 25.8. The van der Waals surface area contributed by atoms with E-state index in [1.807, 2.05) is 36.4 Å². The van der Waals surface area contributed by atoms with Gasteiger partial charge in [-0.05, 0) is 55.2 Å². The zero-order valence-corrected chi connectivity index (χ0v) is 21.6. The standard InChI is InChI=1S/C29H35N3O5/c1-35-22-11-12-25-24(19-22)23-13-15-32(26(33)9-6-10-27(34)36-2)29(28(23)30-25)14-16-31(20-29)17-18-37-21-7-4-3-5-8-21/h3-5,7-8,11-12,19,30H,6,9-10,13-18,20H2,1-2H3. The number of carbonyl (C=O) groups excluding carboxylic acids is 2. The molecule has 8 heteroatoms. The first-order valence-corrected chi connectivity index (χ1v) is 13.0. The van der Waals surface area contributed by atoms with Crippen molar-refractivity contribution < 1.29 is 23.8 Å². The normalized spacial score (nSPS) is 19.2. The Morgan fingerprint density at radius 1 is 1.03 bits per heavy atom. The van der Waals surface area contributed by atoms with Gasteiger partial charge in [0, 0.05) is 55.6 Å². The Morgan fingerprint density at radius 2 is 1.86 bits per heavy atom. The Kier molecular flexibility index (Phi) is 7.37. The minimum absolute atomic E-state index is 0.0909. The van der Waals surface area contributed by atoms with Crippen LogP contribution in [0.2, 0.25) is 0 Å². The molecule has 2 aromatic carbocycles. The molecule has 0 radical (unpaired) electrons. The Bertz CT molecular complexity index is 1260. The minimum Gasteiger partial charge on any atom is -0.497 e. The number of esters is 1. The molecule has 1 unspecified atom stereocenters. The molecule has 1 N–H and O–H groups in total. The molecule has 8 nitrogen and oxygen atoms in total. The second-order valence-electron chi connectivity index (χ2n) is 9.83. The zero-order valence-electron chi connectivity index (χ0n) is 21.6. The number of aromatic amines is 1. The first-order valence-electron chi connectivity index (χ1n) is 13.0. The van der Waals surface area contributed by atoms with Crippen LogP contribution < -0.4 is 9.47 Å². The maximum atomic E-state index is 13.6. The highest BCUT2D eigenvalue weighted by Gasteiger charge is 2.50. The molecular formula is C29H35N3O5. The molecule has 2 aliphatic rings. The molecule has 3 aromatic rings. The van der Waals surface area contributed by atoms with Crippen molar-refractivity contribution in [1.82, 2.24) is 14.8 Å². The van der Waals surface area contributed by atoms with Gasteiger partial charge < -0.3 is 24.1 Å². The van der Waals surface area contributed by atoms with Gasteiger partial charge in [-0.1, -0.05) is 18.2 Å². The number of aromatic nitrogens is 1. The number of amides is 1. The van der Waals surface area contributed by atoms with Gasteiger partial charge in [-0.3, -0.25) is 14.5 Å². The third kappa shape index (κ3) is 5.03. The predicted octanol–water partition coefficient (Wildman–Crippen LogP) is 3.88. The van der Waals surface area contributed by atoms with E-state index in [1.165, 1.54) is 12.7 Å². The van der Waals surface area contributed by atoms with Crippen molar-refractivity contribution in [2.24, 2.45) is 0 Å². The highest BCUT2D eigenvalue weighted by Crippen LogP contribution is 2.45. The number of carbonyl (C=O) groups is 2. The predicted molar refractivity (Wildman–Crippen MR) is 141 cm³/mol. The van der Waals surface area contributed by atoms with Crippen molar-refractivity contribution in [3.8, 4) is 11.5 Å². The fraction of sp³-hybridized carbons (Fsp3) is 0.448. The van der Waals surface area contributed by atoms with Crippen molar-refractivity contribution in [1.29, 1.82) is 0 Å². The van der Waals surface area contributed by atoms with E-state index in [2.05, 4.69) is 26.9 Å². The van der Waals surface area contributed by atoms with Crippen LogP contribution in [0.1, 0.15) is 36.9 Å². The van der Waals surface area contributed by atoms with Gasteiger partial charge in [0.15, 0.2) is 0 Å². The second-order valence-corrected chi connectivity index (χ2v) is 9.83. The van der Waals surface area contributed by atoms with Crippen molar-refractivity contribution in [3.63, 3.8) is 0 Å². The lowest BCUT2D eigenvalue weighted by molar-refractivity contribution is -0.141. The third-order valence-corrected chi connectivity index (χ3v) is 7.73. The molecule has 5 rings (SSSR count). The number of nitrogens with zero attached hydrogens (tertiary/aromatic N) is 2. The molecule has 196 valence electrons. The molecule has 1 atom stereocenters. The highest BCUT2D eigenvalue weighted by atomic mass is 16.5. The highest BCUT2D eigenvalue weighted by molar-refractivity contribution is 5.88. The van der Waals surface area contributed by atoms with Crippen LogP contribution in [0.25, 0.3) is 10.9 Å². The number of rotatable bonds is 9. The lowest BCUT2D eigenvalue weighted by Crippen LogP contribution is -2.55. The van der Waals surface area contributed by atoms with E-state index in [4.69, 9.17) is 14.2 Å². The quantitative estimate of drug-likeness (QED) is 0.445. The van der Waals surface area contributed by atoms with Crippen LogP contribution >= 0.6 is 0 Å². The molecule has 1 saturated heterocycles. The molecule has 0 bridgehead atoms. The van der Waals surface area contributed by atoms with Crippen LogP contribution in [0.15, 0.2) is 48.5 Å². The van der Waals surface area contributed by atoms with Crippen molar-refractivity contribution in [2.75, 3.05) is 47.0 Å².